The van der Waals surface area contributed by atoms with Gasteiger partial charge in [0.1, 0.15) is 10.8 Å². The molecular formula is C13H17N5S. The van der Waals surface area contributed by atoms with Gasteiger partial charge in [0, 0.05) is 19.4 Å². The van der Waals surface area contributed by atoms with Crippen molar-refractivity contribution in [2.45, 2.75) is 20.3 Å². The average Bonchev–Trinajstić information content (AvgIpc) is 2.69. The summed E-state index contributed by atoms with van der Waals surface area (Å²) < 4.78 is 1.78. The maximum Gasteiger partial charge on any atom is 0.140 e. The average molecular weight is 275 g/mol. The summed E-state index contributed by atoms with van der Waals surface area (Å²) in [6.07, 6.45) is 4.50. The Morgan fingerprint density at radius 2 is 2.26 bits per heavy atom. The van der Waals surface area contributed by atoms with Crippen molar-refractivity contribution < 1.29 is 0 Å². The third kappa shape index (κ3) is 2.73. The van der Waals surface area contributed by atoms with Crippen molar-refractivity contribution in [1.29, 1.82) is 0 Å². The summed E-state index contributed by atoms with van der Waals surface area (Å²) in [5.41, 5.74) is 9.48. The van der Waals surface area contributed by atoms with Crippen LogP contribution < -0.4 is 11.1 Å². The number of anilines is 2. The van der Waals surface area contributed by atoms with Crippen LogP contribution in [0.1, 0.15) is 23.7 Å². The van der Waals surface area contributed by atoms with Crippen LogP contribution in [-0.2, 0) is 13.5 Å². The minimum absolute atomic E-state index is 0.343. The third-order valence-electron chi connectivity index (χ3n) is 2.90. The number of nitrogens with zero attached hydrogens (tertiary/aromatic N) is 3. The van der Waals surface area contributed by atoms with E-state index in [2.05, 4.69) is 22.3 Å². The Labute approximate surface area is 117 Å². The fourth-order valence-electron chi connectivity index (χ4n) is 1.99. The van der Waals surface area contributed by atoms with Gasteiger partial charge in [-0.25, -0.2) is 4.98 Å². The number of aromatic nitrogens is 3. The molecule has 100 valence electrons. The smallest absolute Gasteiger partial charge is 0.140 e. The molecule has 0 saturated carbocycles. The first-order valence-electron chi connectivity index (χ1n) is 6.07. The second-order valence-corrected chi connectivity index (χ2v) is 4.80. The second kappa shape index (κ2) is 5.36. The minimum atomic E-state index is 0.343. The van der Waals surface area contributed by atoms with Gasteiger partial charge in [-0.2, -0.15) is 5.10 Å². The van der Waals surface area contributed by atoms with Crippen molar-refractivity contribution in [3.05, 3.63) is 35.3 Å². The quantitative estimate of drug-likeness (QED) is 0.836. The molecule has 0 aliphatic rings. The fourth-order valence-corrected chi connectivity index (χ4v) is 2.25. The first-order valence-corrected chi connectivity index (χ1v) is 6.48. The zero-order valence-corrected chi connectivity index (χ0v) is 12.1. The summed E-state index contributed by atoms with van der Waals surface area (Å²) in [4.78, 5) is 4.67. The summed E-state index contributed by atoms with van der Waals surface area (Å²) >= 11 is 5.10. The summed E-state index contributed by atoms with van der Waals surface area (Å²) in [5, 5.41) is 7.66. The predicted octanol–water partition coefficient (Wildman–Crippen LogP) is 2.06. The Morgan fingerprint density at radius 1 is 1.53 bits per heavy atom. The van der Waals surface area contributed by atoms with Crippen molar-refractivity contribution >= 4 is 28.7 Å². The standard InChI is InChI=1S/C13H17N5S/c1-4-9-10(7-18(3)17-9)16-13-11(12(14)19)8(2)5-6-15-13/h5-7H,4H2,1-3H3,(H2,14,19)(H,15,16). The van der Waals surface area contributed by atoms with Crippen LogP contribution in [0.25, 0.3) is 0 Å². The molecule has 0 radical (unpaired) electrons. The molecule has 0 aliphatic heterocycles. The zero-order valence-electron chi connectivity index (χ0n) is 11.3. The summed E-state index contributed by atoms with van der Waals surface area (Å²) in [5.74, 6) is 0.676. The molecule has 0 aromatic carbocycles. The van der Waals surface area contributed by atoms with Crippen LogP contribution in [0.5, 0.6) is 0 Å². The van der Waals surface area contributed by atoms with Crippen LogP contribution in [0.3, 0.4) is 0 Å². The number of hydrogen-bond donors (Lipinski definition) is 2. The number of hydrogen-bond acceptors (Lipinski definition) is 4. The number of nitrogens with one attached hydrogen (secondary N) is 1. The highest BCUT2D eigenvalue weighted by molar-refractivity contribution is 7.80. The number of aryl methyl sites for hydroxylation is 3. The van der Waals surface area contributed by atoms with Gasteiger partial charge >= 0.3 is 0 Å². The van der Waals surface area contributed by atoms with E-state index in [1.165, 1.54) is 0 Å². The lowest BCUT2D eigenvalue weighted by molar-refractivity contribution is 0.746. The van der Waals surface area contributed by atoms with Crippen LogP contribution in [0.4, 0.5) is 11.5 Å². The van der Waals surface area contributed by atoms with E-state index in [0.29, 0.717) is 10.8 Å². The van der Waals surface area contributed by atoms with E-state index >= 15 is 0 Å². The lowest BCUT2D eigenvalue weighted by Crippen LogP contribution is -2.15. The third-order valence-corrected chi connectivity index (χ3v) is 3.10. The van der Waals surface area contributed by atoms with Crippen LogP contribution in [-0.4, -0.2) is 19.8 Å². The molecule has 0 bridgehead atoms. The van der Waals surface area contributed by atoms with Crippen LogP contribution in [0, 0.1) is 6.92 Å². The van der Waals surface area contributed by atoms with E-state index in [0.717, 1.165) is 28.9 Å². The molecule has 0 atom stereocenters. The number of thiocarbonyl (C=S) groups is 1. The van der Waals surface area contributed by atoms with E-state index in [1.807, 2.05) is 26.2 Å². The number of pyridine rings is 1. The Kier molecular flexibility index (Phi) is 3.80. The minimum Gasteiger partial charge on any atom is -0.389 e. The fraction of sp³-hybridized carbons (Fsp3) is 0.308. The van der Waals surface area contributed by atoms with Gasteiger partial charge < -0.3 is 11.1 Å². The lowest BCUT2D eigenvalue weighted by atomic mass is 10.1. The molecular weight excluding hydrogens is 258 g/mol. The Balaban J connectivity index is 2.43. The lowest BCUT2D eigenvalue weighted by Gasteiger charge is -2.11. The van der Waals surface area contributed by atoms with Gasteiger partial charge in [-0.05, 0) is 25.0 Å². The van der Waals surface area contributed by atoms with E-state index in [9.17, 15) is 0 Å². The normalized spacial score (nSPS) is 10.5. The Hall–Kier alpha value is -1.95. The molecule has 6 heteroatoms. The van der Waals surface area contributed by atoms with Crippen LogP contribution >= 0.6 is 12.2 Å². The molecule has 2 heterocycles. The van der Waals surface area contributed by atoms with Gasteiger partial charge in [-0.3, -0.25) is 4.68 Å². The van der Waals surface area contributed by atoms with E-state index in [1.54, 1.807) is 10.9 Å². The molecule has 0 saturated heterocycles. The van der Waals surface area contributed by atoms with Gasteiger partial charge in [-0.15, -0.1) is 0 Å². The molecule has 0 fully saturated rings. The topological polar surface area (TPSA) is 68.8 Å². The van der Waals surface area contributed by atoms with Gasteiger partial charge in [-0.1, -0.05) is 19.1 Å². The van der Waals surface area contributed by atoms with Crippen molar-refractivity contribution in [3.63, 3.8) is 0 Å². The largest absolute Gasteiger partial charge is 0.389 e. The monoisotopic (exact) mass is 275 g/mol. The highest BCUT2D eigenvalue weighted by atomic mass is 32.1. The summed E-state index contributed by atoms with van der Waals surface area (Å²) in [6.45, 7) is 4.02. The molecule has 2 aromatic rings. The van der Waals surface area contributed by atoms with Gasteiger partial charge in [0.15, 0.2) is 0 Å². The van der Waals surface area contributed by atoms with Crippen molar-refractivity contribution in [1.82, 2.24) is 14.8 Å². The molecule has 5 nitrogen and oxygen atoms in total. The van der Waals surface area contributed by atoms with Gasteiger partial charge in [0.25, 0.3) is 0 Å². The molecule has 19 heavy (non-hydrogen) atoms. The molecule has 0 aliphatic carbocycles. The first kappa shape index (κ1) is 13.5. The Morgan fingerprint density at radius 3 is 2.89 bits per heavy atom. The van der Waals surface area contributed by atoms with Crippen molar-refractivity contribution in [2.24, 2.45) is 12.8 Å². The zero-order chi connectivity index (χ0) is 14.0. The highest BCUT2D eigenvalue weighted by Gasteiger charge is 2.13. The highest BCUT2D eigenvalue weighted by Crippen LogP contribution is 2.23. The number of rotatable bonds is 4. The maximum absolute atomic E-state index is 5.78. The molecule has 0 amide bonds. The van der Waals surface area contributed by atoms with Crippen molar-refractivity contribution in [2.75, 3.05) is 5.32 Å². The molecule has 2 rings (SSSR count). The first-order chi connectivity index (χ1) is 9.02. The molecule has 2 aromatic heterocycles. The maximum atomic E-state index is 5.78. The van der Waals surface area contributed by atoms with Crippen LogP contribution in [0.15, 0.2) is 18.5 Å². The Bertz CT molecular complexity index is 617. The SMILES string of the molecule is CCc1nn(C)cc1Nc1nccc(C)c1C(N)=S. The second-order valence-electron chi connectivity index (χ2n) is 4.36. The van der Waals surface area contributed by atoms with Gasteiger partial charge in [0.05, 0.1) is 16.9 Å². The summed E-state index contributed by atoms with van der Waals surface area (Å²) in [7, 11) is 1.89. The van der Waals surface area contributed by atoms with E-state index in [4.69, 9.17) is 18.0 Å². The van der Waals surface area contributed by atoms with E-state index < -0.39 is 0 Å². The molecule has 0 unspecified atom stereocenters. The molecule has 0 spiro atoms. The van der Waals surface area contributed by atoms with Crippen molar-refractivity contribution in [3.8, 4) is 0 Å². The van der Waals surface area contributed by atoms with Crippen LogP contribution in [0.2, 0.25) is 0 Å². The summed E-state index contributed by atoms with van der Waals surface area (Å²) in [6, 6.07) is 1.89. The molecule has 3 N–H and O–H groups in total. The number of nitrogens with two attached hydrogens (primary N) is 1. The predicted molar refractivity (Wildman–Crippen MR) is 80.7 cm³/mol. The van der Waals surface area contributed by atoms with E-state index in [-0.39, 0.29) is 0 Å². The van der Waals surface area contributed by atoms with Gasteiger partial charge in [0.2, 0.25) is 0 Å².